The fraction of sp³-hybridized carbons (Fsp3) is 0.200. The second-order valence-corrected chi connectivity index (χ2v) is 7.80. The number of ether oxygens (including phenoxy) is 1. The van der Waals surface area contributed by atoms with Crippen LogP contribution in [0.25, 0.3) is 33.2 Å². The highest BCUT2D eigenvalue weighted by atomic mass is 16.5. The van der Waals surface area contributed by atoms with E-state index in [2.05, 4.69) is 20.6 Å². The van der Waals surface area contributed by atoms with Crippen molar-refractivity contribution >= 4 is 33.5 Å². The van der Waals surface area contributed by atoms with Crippen molar-refractivity contribution in [3.8, 4) is 11.6 Å². The molecule has 0 bridgehead atoms. The van der Waals surface area contributed by atoms with E-state index in [9.17, 15) is 9.59 Å². The molecule has 0 aliphatic rings. The molecule has 0 saturated heterocycles. The summed E-state index contributed by atoms with van der Waals surface area (Å²) in [6.07, 6.45) is 7.55. The van der Waals surface area contributed by atoms with Gasteiger partial charge in [0.2, 0.25) is 5.88 Å². The Morgan fingerprint density at radius 2 is 2.03 bits per heavy atom. The second kappa shape index (κ2) is 9.72. The lowest BCUT2D eigenvalue weighted by Crippen LogP contribution is -2.34. The van der Waals surface area contributed by atoms with Gasteiger partial charge in [-0.15, -0.1) is 0 Å². The maximum Gasteiger partial charge on any atom is 0.333 e. The van der Waals surface area contributed by atoms with Crippen LogP contribution in [0.15, 0.2) is 65.5 Å². The van der Waals surface area contributed by atoms with E-state index >= 15 is 0 Å². The number of hydrogen-bond donors (Lipinski definition) is 3. The van der Waals surface area contributed by atoms with Gasteiger partial charge in [0, 0.05) is 25.7 Å². The summed E-state index contributed by atoms with van der Waals surface area (Å²) in [7, 11) is 4.76. The molecule has 0 fully saturated rings. The standard InChI is InChI=1S/C25H27N7O3/c1-5-15(9-11-21(26)30-24(33)27-2)16-8-10-18-17(13-16)22-20(14-29-18)31(3)25(34)32(22)19-7-6-12-28-23(19)35-4/h6-14H,5,26H2,1-4H3,(H2,27,30,33)/b15-9+,21-11+. The second-order valence-electron chi connectivity index (χ2n) is 7.80. The van der Waals surface area contributed by atoms with E-state index in [0.717, 1.165) is 28.5 Å². The molecule has 0 spiro atoms. The summed E-state index contributed by atoms with van der Waals surface area (Å²) in [6, 6.07) is 9.08. The minimum absolute atomic E-state index is 0.223. The molecule has 4 aromatic rings. The number of nitrogens with one attached hydrogen (secondary N) is 2. The van der Waals surface area contributed by atoms with E-state index in [-0.39, 0.29) is 11.5 Å². The van der Waals surface area contributed by atoms with Crippen LogP contribution in [0.4, 0.5) is 4.79 Å². The molecule has 180 valence electrons. The molecule has 35 heavy (non-hydrogen) atoms. The molecule has 3 aromatic heterocycles. The molecule has 0 aliphatic heterocycles. The molecular formula is C25H27N7O3. The van der Waals surface area contributed by atoms with Crippen LogP contribution in [0.3, 0.4) is 0 Å². The third-order valence-corrected chi connectivity index (χ3v) is 5.77. The van der Waals surface area contributed by atoms with Gasteiger partial charge < -0.3 is 15.8 Å². The van der Waals surface area contributed by atoms with Crippen LogP contribution in [0, 0.1) is 0 Å². The van der Waals surface area contributed by atoms with Gasteiger partial charge in [-0.2, -0.15) is 0 Å². The maximum absolute atomic E-state index is 13.3. The Bertz CT molecular complexity index is 1550. The smallest absolute Gasteiger partial charge is 0.333 e. The summed E-state index contributed by atoms with van der Waals surface area (Å²) in [5, 5.41) is 5.80. The third kappa shape index (κ3) is 4.33. The number of methoxy groups -OCH3 is 1. The van der Waals surface area contributed by atoms with Crippen molar-refractivity contribution in [3.63, 3.8) is 0 Å². The molecule has 0 atom stereocenters. The normalized spacial score (nSPS) is 12.2. The number of pyridine rings is 2. The fourth-order valence-corrected chi connectivity index (χ4v) is 3.97. The van der Waals surface area contributed by atoms with Crippen molar-refractivity contribution in [3.05, 3.63) is 76.7 Å². The summed E-state index contributed by atoms with van der Waals surface area (Å²) in [5.74, 6) is 0.572. The lowest BCUT2D eigenvalue weighted by molar-refractivity contribution is 0.245. The zero-order valence-electron chi connectivity index (χ0n) is 20.0. The van der Waals surface area contributed by atoms with Crippen molar-refractivity contribution < 1.29 is 9.53 Å². The Kier molecular flexibility index (Phi) is 6.54. The van der Waals surface area contributed by atoms with Gasteiger partial charge in [0.15, 0.2) is 0 Å². The van der Waals surface area contributed by atoms with E-state index < -0.39 is 6.03 Å². The number of urea groups is 1. The number of carbonyl (C=O) groups excluding carboxylic acids is 1. The zero-order valence-corrected chi connectivity index (χ0v) is 20.0. The lowest BCUT2D eigenvalue weighted by Gasteiger charge is -2.11. The number of imidazole rings is 1. The lowest BCUT2D eigenvalue weighted by atomic mass is 10.0. The van der Waals surface area contributed by atoms with Gasteiger partial charge >= 0.3 is 11.7 Å². The summed E-state index contributed by atoms with van der Waals surface area (Å²) in [4.78, 5) is 33.6. The van der Waals surface area contributed by atoms with Gasteiger partial charge in [-0.05, 0) is 47.9 Å². The molecule has 3 heterocycles. The Hall–Kier alpha value is -4.60. The molecule has 0 saturated carbocycles. The summed E-state index contributed by atoms with van der Waals surface area (Å²) in [6.45, 7) is 2.03. The number of amides is 2. The molecule has 1 aromatic carbocycles. The van der Waals surface area contributed by atoms with Crippen LogP contribution in [0.1, 0.15) is 18.9 Å². The van der Waals surface area contributed by atoms with Crippen LogP contribution >= 0.6 is 0 Å². The average Bonchev–Trinajstić information content (AvgIpc) is 3.14. The van der Waals surface area contributed by atoms with E-state index in [1.54, 1.807) is 46.8 Å². The van der Waals surface area contributed by atoms with E-state index in [4.69, 9.17) is 10.5 Å². The first-order valence-electron chi connectivity index (χ1n) is 11.0. The molecule has 0 radical (unpaired) electrons. The number of aromatic nitrogens is 4. The van der Waals surface area contributed by atoms with Crippen LogP contribution in [-0.2, 0) is 7.05 Å². The van der Waals surface area contributed by atoms with Gasteiger partial charge in [0.1, 0.15) is 11.5 Å². The molecule has 4 N–H and O–H groups in total. The SMILES string of the molecule is CC/C(=C\C=C(/N)NC(=O)NC)c1ccc2ncc3c(c2c1)n(-c1cccnc1OC)c(=O)n3C. The molecule has 10 heteroatoms. The van der Waals surface area contributed by atoms with Gasteiger partial charge in [-0.3, -0.25) is 19.4 Å². The van der Waals surface area contributed by atoms with Crippen LogP contribution < -0.4 is 26.8 Å². The zero-order chi connectivity index (χ0) is 25.1. The van der Waals surface area contributed by atoms with Crippen molar-refractivity contribution in [2.75, 3.05) is 14.2 Å². The molecule has 0 unspecified atom stereocenters. The number of fused-ring (bicyclic) bond motifs is 3. The Balaban J connectivity index is 1.94. The van der Waals surface area contributed by atoms with Crippen LogP contribution in [0.5, 0.6) is 5.88 Å². The number of allylic oxidation sites excluding steroid dienone is 3. The monoisotopic (exact) mass is 473 g/mol. The molecular weight excluding hydrogens is 446 g/mol. The number of benzene rings is 1. The highest BCUT2D eigenvalue weighted by molar-refractivity contribution is 6.04. The largest absolute Gasteiger partial charge is 0.479 e. The Morgan fingerprint density at radius 1 is 1.23 bits per heavy atom. The average molecular weight is 474 g/mol. The number of nitrogens with two attached hydrogens (primary N) is 1. The first-order chi connectivity index (χ1) is 16.9. The van der Waals surface area contributed by atoms with Crippen LogP contribution in [0.2, 0.25) is 0 Å². The van der Waals surface area contributed by atoms with Crippen molar-refractivity contribution in [2.45, 2.75) is 13.3 Å². The predicted octanol–water partition coefficient (Wildman–Crippen LogP) is 2.80. The van der Waals surface area contributed by atoms with E-state index in [1.165, 1.54) is 14.2 Å². The quantitative estimate of drug-likeness (QED) is 0.369. The number of rotatable bonds is 6. The Labute approximate surface area is 201 Å². The first-order valence-corrected chi connectivity index (χ1v) is 11.0. The van der Waals surface area contributed by atoms with Crippen molar-refractivity contribution in [1.82, 2.24) is 29.7 Å². The number of carbonyl (C=O) groups is 1. The minimum atomic E-state index is -0.391. The molecule has 0 aliphatic carbocycles. The maximum atomic E-state index is 13.3. The Morgan fingerprint density at radius 3 is 2.74 bits per heavy atom. The van der Waals surface area contributed by atoms with Crippen LogP contribution in [-0.4, -0.2) is 39.3 Å². The molecule has 4 rings (SSSR count). The fourth-order valence-electron chi connectivity index (χ4n) is 3.97. The predicted molar refractivity (Wildman–Crippen MR) is 136 cm³/mol. The van der Waals surface area contributed by atoms with Crippen molar-refractivity contribution in [1.29, 1.82) is 0 Å². The van der Waals surface area contributed by atoms with E-state index in [0.29, 0.717) is 22.6 Å². The topological polar surface area (TPSA) is 129 Å². The minimum Gasteiger partial charge on any atom is -0.479 e. The summed E-state index contributed by atoms with van der Waals surface area (Å²) >= 11 is 0. The highest BCUT2D eigenvalue weighted by Gasteiger charge is 2.19. The first kappa shape index (κ1) is 23.6. The highest BCUT2D eigenvalue weighted by Crippen LogP contribution is 2.30. The number of aryl methyl sites for hydroxylation is 1. The van der Waals surface area contributed by atoms with E-state index in [1.807, 2.05) is 31.2 Å². The number of nitrogens with zero attached hydrogens (tertiary/aromatic N) is 4. The number of hydrogen-bond acceptors (Lipinski definition) is 6. The summed E-state index contributed by atoms with van der Waals surface area (Å²) < 4.78 is 8.60. The van der Waals surface area contributed by atoms with Gasteiger partial charge in [-0.25, -0.2) is 14.6 Å². The van der Waals surface area contributed by atoms with Gasteiger partial charge in [-0.1, -0.05) is 19.1 Å². The molecule has 2 amide bonds. The molecule has 10 nitrogen and oxygen atoms in total. The summed E-state index contributed by atoms with van der Waals surface area (Å²) in [5.41, 5.74) is 10.3. The third-order valence-electron chi connectivity index (χ3n) is 5.77. The van der Waals surface area contributed by atoms with Gasteiger partial charge in [0.25, 0.3) is 0 Å². The van der Waals surface area contributed by atoms with Gasteiger partial charge in [0.05, 0.1) is 29.9 Å². The van der Waals surface area contributed by atoms with Crippen molar-refractivity contribution in [2.24, 2.45) is 12.8 Å².